The van der Waals surface area contributed by atoms with E-state index >= 15 is 0 Å². The molecule has 1 aromatic carbocycles. The van der Waals surface area contributed by atoms with Crippen molar-refractivity contribution in [2.45, 2.75) is 18.7 Å². The molecule has 0 bridgehead atoms. The van der Waals surface area contributed by atoms with E-state index in [1.54, 1.807) is 0 Å². The summed E-state index contributed by atoms with van der Waals surface area (Å²) in [5, 5.41) is 3.18. The van der Waals surface area contributed by atoms with E-state index in [2.05, 4.69) is 5.32 Å². The minimum absolute atomic E-state index is 0.0940. The van der Waals surface area contributed by atoms with Crippen LogP contribution in [0.5, 0.6) is 5.75 Å². The summed E-state index contributed by atoms with van der Waals surface area (Å²) in [4.78, 5) is 0. The van der Waals surface area contributed by atoms with Crippen molar-refractivity contribution in [1.82, 2.24) is 9.62 Å². The molecule has 1 heterocycles. The quantitative estimate of drug-likeness (QED) is 0.836. The Morgan fingerprint density at radius 1 is 1.33 bits per heavy atom. The highest BCUT2D eigenvalue weighted by atomic mass is 32.2. The third-order valence-corrected chi connectivity index (χ3v) is 5.38. The van der Waals surface area contributed by atoms with E-state index in [1.165, 1.54) is 23.5 Å². The number of sulfonamides is 1. The second-order valence-electron chi connectivity index (χ2n) is 5.97. The Hall–Kier alpha value is -1.32. The lowest BCUT2D eigenvalue weighted by Gasteiger charge is -2.28. The van der Waals surface area contributed by atoms with E-state index in [0.29, 0.717) is 12.3 Å². The standard InChI is InChI=1S/C15H21F3N2O3S/c1-20(24(2,21)22)10-14(11-7-8-19-9-11)23-13-5-3-12(4-6-13)15(16,17)18/h3-6,11,14,19H,7-10H2,1-2H3/t11-,14+/m0/s1. The Balaban J connectivity index is 2.12. The molecule has 1 aliphatic heterocycles. The molecule has 1 fully saturated rings. The summed E-state index contributed by atoms with van der Waals surface area (Å²) >= 11 is 0. The van der Waals surface area contributed by atoms with Crippen LogP contribution >= 0.6 is 0 Å². The second kappa shape index (κ2) is 7.28. The first-order valence-corrected chi connectivity index (χ1v) is 9.38. The fourth-order valence-corrected chi connectivity index (χ4v) is 2.98. The Kier molecular flexibility index (Phi) is 5.77. The van der Waals surface area contributed by atoms with Crippen molar-refractivity contribution in [3.63, 3.8) is 0 Å². The van der Waals surface area contributed by atoms with Crippen LogP contribution in [0.4, 0.5) is 13.2 Å². The van der Waals surface area contributed by atoms with E-state index in [0.717, 1.165) is 31.4 Å². The molecule has 1 saturated heterocycles. The number of likely N-dealkylation sites (N-methyl/N-ethyl adjacent to an activating group) is 1. The first-order chi connectivity index (χ1) is 11.1. The van der Waals surface area contributed by atoms with Crippen molar-refractivity contribution in [1.29, 1.82) is 0 Å². The molecule has 0 unspecified atom stereocenters. The lowest BCUT2D eigenvalue weighted by molar-refractivity contribution is -0.137. The van der Waals surface area contributed by atoms with Gasteiger partial charge < -0.3 is 10.1 Å². The first-order valence-electron chi connectivity index (χ1n) is 7.53. The second-order valence-corrected chi connectivity index (χ2v) is 8.06. The lowest BCUT2D eigenvalue weighted by atomic mass is 10.0. The fourth-order valence-electron chi connectivity index (χ4n) is 2.56. The molecule has 0 aromatic heterocycles. The van der Waals surface area contributed by atoms with Crippen molar-refractivity contribution in [2.24, 2.45) is 5.92 Å². The molecule has 136 valence electrons. The van der Waals surface area contributed by atoms with Crippen molar-refractivity contribution in [3.05, 3.63) is 29.8 Å². The maximum atomic E-state index is 12.6. The monoisotopic (exact) mass is 366 g/mol. The Bertz CT molecular complexity index is 641. The molecule has 0 saturated carbocycles. The molecule has 0 aliphatic carbocycles. The maximum absolute atomic E-state index is 12.6. The average molecular weight is 366 g/mol. The van der Waals surface area contributed by atoms with Crippen LogP contribution in [-0.4, -0.2) is 51.8 Å². The lowest BCUT2D eigenvalue weighted by Crippen LogP contribution is -2.41. The Morgan fingerprint density at radius 2 is 1.96 bits per heavy atom. The predicted molar refractivity (Wildman–Crippen MR) is 84.3 cm³/mol. The summed E-state index contributed by atoms with van der Waals surface area (Å²) in [7, 11) is -1.90. The number of nitrogens with zero attached hydrogens (tertiary/aromatic N) is 1. The first kappa shape index (κ1) is 19.0. The van der Waals surface area contributed by atoms with E-state index in [-0.39, 0.29) is 12.5 Å². The van der Waals surface area contributed by atoms with Gasteiger partial charge >= 0.3 is 6.18 Å². The zero-order valence-corrected chi connectivity index (χ0v) is 14.3. The van der Waals surface area contributed by atoms with Crippen molar-refractivity contribution in [2.75, 3.05) is 32.9 Å². The molecule has 0 radical (unpaired) electrons. The summed E-state index contributed by atoms with van der Waals surface area (Å²) in [5.41, 5.74) is -0.748. The van der Waals surface area contributed by atoms with Crippen LogP contribution in [0.15, 0.2) is 24.3 Å². The van der Waals surface area contributed by atoms with E-state index in [1.807, 2.05) is 0 Å². The summed E-state index contributed by atoms with van der Waals surface area (Å²) in [6, 6.07) is 4.44. The van der Waals surface area contributed by atoms with E-state index in [4.69, 9.17) is 4.74 Å². The number of hydrogen-bond acceptors (Lipinski definition) is 4. The summed E-state index contributed by atoms with van der Waals surface area (Å²) in [5.74, 6) is 0.387. The van der Waals surface area contributed by atoms with Crippen LogP contribution < -0.4 is 10.1 Å². The smallest absolute Gasteiger partial charge is 0.416 e. The van der Waals surface area contributed by atoms with Crippen LogP contribution in [0.3, 0.4) is 0 Å². The number of halogens is 3. The highest BCUT2D eigenvalue weighted by molar-refractivity contribution is 7.88. The highest BCUT2D eigenvalue weighted by Gasteiger charge is 2.32. The zero-order chi connectivity index (χ0) is 18.0. The normalized spacial score (nSPS) is 20.3. The fraction of sp³-hybridized carbons (Fsp3) is 0.600. The molecule has 9 heteroatoms. The summed E-state index contributed by atoms with van der Waals surface area (Å²) in [6.07, 6.45) is -2.90. The summed E-state index contributed by atoms with van der Waals surface area (Å²) < 4.78 is 68.1. The Morgan fingerprint density at radius 3 is 2.42 bits per heavy atom. The number of rotatable bonds is 6. The van der Waals surface area contributed by atoms with Crippen LogP contribution in [0, 0.1) is 5.92 Å². The van der Waals surface area contributed by atoms with Gasteiger partial charge in [-0.25, -0.2) is 12.7 Å². The Labute approximate surface area is 139 Å². The molecule has 1 aliphatic rings. The van der Waals surface area contributed by atoms with Gasteiger partial charge in [0.25, 0.3) is 0 Å². The highest BCUT2D eigenvalue weighted by Crippen LogP contribution is 2.31. The van der Waals surface area contributed by atoms with Crippen molar-refractivity contribution < 1.29 is 26.3 Å². The molecule has 1 N–H and O–H groups in total. The number of nitrogens with one attached hydrogen (secondary N) is 1. The maximum Gasteiger partial charge on any atom is 0.416 e. The predicted octanol–water partition coefficient (Wildman–Crippen LogP) is 1.95. The van der Waals surface area contributed by atoms with Crippen LogP contribution in [0.25, 0.3) is 0 Å². The molecule has 5 nitrogen and oxygen atoms in total. The van der Waals surface area contributed by atoms with Gasteiger partial charge in [0.15, 0.2) is 0 Å². The SMILES string of the molecule is CN(C[C@@H](Oc1ccc(C(F)(F)F)cc1)[C@H]1CCNC1)S(C)(=O)=O. The molecule has 2 rings (SSSR count). The van der Waals surface area contributed by atoms with Gasteiger partial charge in [-0.3, -0.25) is 0 Å². The molecule has 1 aromatic rings. The van der Waals surface area contributed by atoms with Crippen LogP contribution in [0.1, 0.15) is 12.0 Å². The molecular weight excluding hydrogens is 345 g/mol. The minimum Gasteiger partial charge on any atom is -0.489 e. The third-order valence-electron chi connectivity index (χ3n) is 4.10. The van der Waals surface area contributed by atoms with E-state index < -0.39 is 27.9 Å². The average Bonchev–Trinajstić information content (AvgIpc) is 2.99. The molecule has 2 atom stereocenters. The van der Waals surface area contributed by atoms with Gasteiger partial charge in [0, 0.05) is 19.5 Å². The van der Waals surface area contributed by atoms with Crippen LogP contribution in [-0.2, 0) is 16.2 Å². The number of hydrogen-bond donors (Lipinski definition) is 1. The van der Waals surface area contributed by atoms with Gasteiger partial charge in [-0.15, -0.1) is 0 Å². The molecule has 24 heavy (non-hydrogen) atoms. The topological polar surface area (TPSA) is 58.6 Å². The molecular formula is C15H21F3N2O3S. The summed E-state index contributed by atoms with van der Waals surface area (Å²) in [6.45, 7) is 1.63. The number of alkyl halides is 3. The number of benzene rings is 1. The minimum atomic E-state index is -4.40. The van der Waals surface area contributed by atoms with Gasteiger partial charge in [0.05, 0.1) is 18.4 Å². The van der Waals surface area contributed by atoms with Gasteiger partial charge in [0.1, 0.15) is 11.9 Å². The van der Waals surface area contributed by atoms with Gasteiger partial charge in [0.2, 0.25) is 10.0 Å². The van der Waals surface area contributed by atoms with Gasteiger partial charge in [-0.05, 0) is 37.2 Å². The van der Waals surface area contributed by atoms with Gasteiger partial charge in [-0.2, -0.15) is 13.2 Å². The van der Waals surface area contributed by atoms with Gasteiger partial charge in [-0.1, -0.05) is 0 Å². The molecule has 0 amide bonds. The third kappa shape index (κ3) is 5.09. The van der Waals surface area contributed by atoms with E-state index in [9.17, 15) is 21.6 Å². The van der Waals surface area contributed by atoms with Crippen LogP contribution in [0.2, 0.25) is 0 Å². The molecule has 0 spiro atoms. The zero-order valence-electron chi connectivity index (χ0n) is 13.5. The van der Waals surface area contributed by atoms with Crippen molar-refractivity contribution in [3.8, 4) is 5.75 Å². The number of ether oxygens (including phenoxy) is 1. The largest absolute Gasteiger partial charge is 0.489 e. The van der Waals surface area contributed by atoms with Crippen molar-refractivity contribution >= 4 is 10.0 Å².